The smallest absolute Gasteiger partial charge is 0.225 e. The minimum Gasteiger partial charge on any atom is -0.311 e. The van der Waals surface area contributed by atoms with Crippen LogP contribution < -0.4 is 5.32 Å². The van der Waals surface area contributed by atoms with Crippen LogP contribution in [0.15, 0.2) is 36.5 Å². The fraction of sp³-hybridized carbons (Fsp3) is 0.200. The van der Waals surface area contributed by atoms with Gasteiger partial charge in [0.2, 0.25) is 5.91 Å². The molecule has 0 aliphatic heterocycles. The minimum atomic E-state index is -0.0866. The number of hydrogen-bond acceptors (Lipinski definition) is 2. The van der Waals surface area contributed by atoms with Gasteiger partial charge in [0.05, 0.1) is 5.02 Å². The second kappa shape index (κ2) is 6.73. The Bertz CT molecular complexity index is 612. The van der Waals surface area contributed by atoms with E-state index in [2.05, 4.69) is 10.3 Å². The molecule has 0 spiro atoms. The number of amides is 1. The number of hydrogen-bond donors (Lipinski definition) is 1. The zero-order chi connectivity index (χ0) is 14.5. The van der Waals surface area contributed by atoms with E-state index in [-0.39, 0.29) is 5.91 Å². The van der Waals surface area contributed by atoms with Gasteiger partial charge in [-0.1, -0.05) is 35.3 Å². The molecule has 1 aromatic heterocycles. The Morgan fingerprint density at radius 3 is 2.70 bits per heavy atom. The van der Waals surface area contributed by atoms with Gasteiger partial charge in [-0.05, 0) is 42.7 Å². The van der Waals surface area contributed by atoms with E-state index in [1.54, 1.807) is 12.1 Å². The molecule has 1 aromatic carbocycles. The van der Waals surface area contributed by atoms with Crippen LogP contribution in [0.5, 0.6) is 0 Å². The van der Waals surface area contributed by atoms with E-state index < -0.39 is 0 Å². The summed E-state index contributed by atoms with van der Waals surface area (Å²) in [7, 11) is 0. The zero-order valence-corrected chi connectivity index (χ0v) is 12.5. The highest BCUT2D eigenvalue weighted by Crippen LogP contribution is 2.18. The number of benzene rings is 1. The lowest BCUT2D eigenvalue weighted by molar-refractivity contribution is -0.116. The van der Waals surface area contributed by atoms with Crippen LogP contribution in [0.4, 0.5) is 5.82 Å². The Hall–Kier alpha value is -1.58. The summed E-state index contributed by atoms with van der Waals surface area (Å²) in [5, 5.41) is 3.99. The van der Waals surface area contributed by atoms with Crippen LogP contribution in [0.1, 0.15) is 17.5 Å². The van der Waals surface area contributed by atoms with Crippen molar-refractivity contribution in [2.75, 3.05) is 5.32 Å². The van der Waals surface area contributed by atoms with Gasteiger partial charge in [-0.3, -0.25) is 4.79 Å². The molecule has 0 saturated carbocycles. The maximum atomic E-state index is 11.8. The van der Waals surface area contributed by atoms with E-state index >= 15 is 0 Å². The average molecular weight is 309 g/mol. The molecule has 0 fully saturated rings. The highest BCUT2D eigenvalue weighted by Gasteiger charge is 2.05. The normalized spacial score (nSPS) is 10.3. The third kappa shape index (κ3) is 4.22. The monoisotopic (exact) mass is 308 g/mol. The number of rotatable bonds is 4. The fourth-order valence-electron chi connectivity index (χ4n) is 1.70. The number of pyridine rings is 1. The number of nitrogens with one attached hydrogen (secondary N) is 1. The van der Waals surface area contributed by atoms with Crippen LogP contribution in [-0.2, 0) is 11.2 Å². The number of carbonyl (C=O) groups is 1. The number of aryl methyl sites for hydroxylation is 2. The van der Waals surface area contributed by atoms with E-state index in [4.69, 9.17) is 23.2 Å². The van der Waals surface area contributed by atoms with Gasteiger partial charge < -0.3 is 5.32 Å². The molecule has 0 unspecified atom stereocenters. The topological polar surface area (TPSA) is 42.0 Å². The lowest BCUT2D eigenvalue weighted by Crippen LogP contribution is -2.13. The highest BCUT2D eigenvalue weighted by atomic mass is 35.5. The molecule has 1 amide bonds. The van der Waals surface area contributed by atoms with Crippen molar-refractivity contribution in [1.82, 2.24) is 4.98 Å². The van der Waals surface area contributed by atoms with Crippen LogP contribution in [0.3, 0.4) is 0 Å². The summed E-state index contributed by atoms with van der Waals surface area (Å²) in [4.78, 5) is 15.8. The van der Waals surface area contributed by atoms with Crippen molar-refractivity contribution < 1.29 is 4.79 Å². The number of aromatic nitrogens is 1. The molecular formula is C15H14Cl2N2O. The molecular weight excluding hydrogens is 295 g/mol. The van der Waals surface area contributed by atoms with Gasteiger partial charge in [0.15, 0.2) is 0 Å². The largest absolute Gasteiger partial charge is 0.311 e. The molecule has 20 heavy (non-hydrogen) atoms. The highest BCUT2D eigenvalue weighted by molar-refractivity contribution is 6.31. The predicted molar refractivity (Wildman–Crippen MR) is 82.4 cm³/mol. The molecule has 3 nitrogen and oxygen atoms in total. The van der Waals surface area contributed by atoms with Crippen molar-refractivity contribution in [1.29, 1.82) is 0 Å². The van der Waals surface area contributed by atoms with Crippen molar-refractivity contribution in [3.8, 4) is 0 Å². The van der Waals surface area contributed by atoms with Crippen LogP contribution in [0.25, 0.3) is 0 Å². The number of anilines is 1. The molecule has 0 bridgehead atoms. The molecule has 0 atom stereocenters. The second-order valence-corrected chi connectivity index (χ2v) is 5.34. The molecule has 2 rings (SSSR count). The maximum absolute atomic E-state index is 11.8. The first-order valence-corrected chi connectivity index (χ1v) is 6.96. The van der Waals surface area contributed by atoms with E-state index in [0.29, 0.717) is 23.7 Å². The molecule has 2 aromatic rings. The van der Waals surface area contributed by atoms with Gasteiger partial charge in [0, 0.05) is 17.6 Å². The molecule has 0 radical (unpaired) electrons. The SMILES string of the molecule is Cc1ccc(CCC(=O)Nc2ccc(Cl)cn2)cc1Cl. The third-order valence-corrected chi connectivity index (χ3v) is 3.50. The fourth-order valence-corrected chi connectivity index (χ4v) is 2.02. The summed E-state index contributed by atoms with van der Waals surface area (Å²) in [6.07, 6.45) is 2.51. The Kier molecular flexibility index (Phi) is 4.99. The summed E-state index contributed by atoms with van der Waals surface area (Å²) in [5.74, 6) is 0.415. The van der Waals surface area contributed by atoms with Gasteiger partial charge in [0.1, 0.15) is 5.82 Å². The summed E-state index contributed by atoms with van der Waals surface area (Å²) in [5.41, 5.74) is 2.07. The molecule has 0 aliphatic carbocycles. The third-order valence-electron chi connectivity index (χ3n) is 2.87. The number of halogens is 2. The molecule has 1 N–H and O–H groups in total. The quantitative estimate of drug-likeness (QED) is 0.916. The summed E-state index contributed by atoms with van der Waals surface area (Å²) in [6, 6.07) is 9.18. The van der Waals surface area contributed by atoms with Crippen LogP contribution >= 0.6 is 23.2 Å². The van der Waals surface area contributed by atoms with E-state index in [1.807, 2.05) is 25.1 Å². The Morgan fingerprint density at radius 1 is 1.25 bits per heavy atom. The first kappa shape index (κ1) is 14.8. The molecule has 0 aliphatic rings. The zero-order valence-electron chi connectivity index (χ0n) is 11.0. The summed E-state index contributed by atoms with van der Waals surface area (Å²) in [6.45, 7) is 1.95. The van der Waals surface area contributed by atoms with Gasteiger partial charge >= 0.3 is 0 Å². The Morgan fingerprint density at radius 2 is 2.05 bits per heavy atom. The maximum Gasteiger partial charge on any atom is 0.225 e. The van der Waals surface area contributed by atoms with E-state index in [0.717, 1.165) is 16.1 Å². The van der Waals surface area contributed by atoms with Crippen molar-refractivity contribution in [2.24, 2.45) is 0 Å². The average Bonchev–Trinajstić information content (AvgIpc) is 2.43. The molecule has 104 valence electrons. The molecule has 1 heterocycles. The van der Waals surface area contributed by atoms with Gasteiger partial charge in [-0.2, -0.15) is 0 Å². The van der Waals surface area contributed by atoms with Gasteiger partial charge in [-0.15, -0.1) is 0 Å². The Balaban J connectivity index is 1.88. The lowest BCUT2D eigenvalue weighted by Gasteiger charge is -2.06. The van der Waals surface area contributed by atoms with Crippen molar-refractivity contribution in [2.45, 2.75) is 19.8 Å². The molecule has 0 saturated heterocycles. The summed E-state index contributed by atoms with van der Waals surface area (Å²) >= 11 is 11.8. The van der Waals surface area contributed by atoms with E-state index in [1.165, 1.54) is 6.20 Å². The van der Waals surface area contributed by atoms with Crippen molar-refractivity contribution in [3.63, 3.8) is 0 Å². The predicted octanol–water partition coefficient (Wildman–Crippen LogP) is 4.27. The molecule has 5 heteroatoms. The Labute approximate surface area is 127 Å². The van der Waals surface area contributed by atoms with Crippen LogP contribution in [0, 0.1) is 6.92 Å². The number of nitrogens with zero attached hydrogens (tertiary/aromatic N) is 1. The van der Waals surface area contributed by atoms with E-state index in [9.17, 15) is 4.79 Å². The minimum absolute atomic E-state index is 0.0866. The van der Waals surface area contributed by atoms with Gasteiger partial charge in [0.25, 0.3) is 0 Å². The van der Waals surface area contributed by atoms with Gasteiger partial charge in [-0.25, -0.2) is 4.98 Å². The standard InChI is InChI=1S/C15H14Cl2N2O/c1-10-2-3-11(8-13(10)17)4-7-15(20)19-14-6-5-12(16)9-18-14/h2-3,5-6,8-9H,4,7H2,1H3,(H,18,19,20). The second-order valence-electron chi connectivity index (χ2n) is 4.49. The van der Waals surface area contributed by atoms with Crippen molar-refractivity contribution in [3.05, 3.63) is 57.7 Å². The lowest BCUT2D eigenvalue weighted by atomic mass is 10.1. The summed E-state index contributed by atoms with van der Waals surface area (Å²) < 4.78 is 0. The van der Waals surface area contributed by atoms with Crippen molar-refractivity contribution >= 4 is 34.9 Å². The van der Waals surface area contributed by atoms with Crippen LogP contribution in [0.2, 0.25) is 10.0 Å². The number of carbonyl (C=O) groups excluding carboxylic acids is 1. The first-order valence-electron chi connectivity index (χ1n) is 6.21. The first-order chi connectivity index (χ1) is 9.54. The van der Waals surface area contributed by atoms with Crippen LogP contribution in [-0.4, -0.2) is 10.9 Å².